The number of fused-ring (bicyclic) bond motifs is 1. The van der Waals surface area contributed by atoms with Crippen LogP contribution >= 0.6 is 0 Å². The largest absolute Gasteiger partial charge is 0.478 e. The first kappa shape index (κ1) is 23.7. The minimum atomic E-state index is -3.73. The number of benzene rings is 1. The van der Waals surface area contributed by atoms with Crippen molar-refractivity contribution in [3.05, 3.63) is 42.4 Å². The van der Waals surface area contributed by atoms with Crippen molar-refractivity contribution in [1.29, 1.82) is 0 Å². The van der Waals surface area contributed by atoms with E-state index in [1.54, 1.807) is 12.1 Å². The summed E-state index contributed by atoms with van der Waals surface area (Å²) in [5.74, 6) is 1.81. The molecule has 1 aliphatic heterocycles. The zero-order chi connectivity index (χ0) is 23.6. The van der Waals surface area contributed by atoms with Crippen LogP contribution in [-0.4, -0.2) is 42.8 Å². The lowest BCUT2D eigenvalue weighted by Gasteiger charge is -2.26. The van der Waals surface area contributed by atoms with Crippen LogP contribution in [0.25, 0.3) is 11.0 Å². The third-order valence-electron chi connectivity index (χ3n) is 5.95. The lowest BCUT2D eigenvalue weighted by Crippen LogP contribution is -2.25. The van der Waals surface area contributed by atoms with Crippen LogP contribution in [0.1, 0.15) is 52.8 Å². The number of hydrogen-bond acceptors (Lipinski definition) is 6. The molecule has 0 radical (unpaired) electrons. The number of nitrogens with zero attached hydrogens (tertiary/aromatic N) is 3. The number of pyridine rings is 1. The number of ether oxygens (including phenoxy) is 2. The molecule has 0 unspecified atom stereocenters. The normalized spacial score (nSPS) is 15.8. The van der Waals surface area contributed by atoms with Gasteiger partial charge in [0.2, 0.25) is 15.7 Å². The van der Waals surface area contributed by atoms with Crippen molar-refractivity contribution < 1.29 is 17.9 Å². The van der Waals surface area contributed by atoms with Gasteiger partial charge in [0.1, 0.15) is 5.82 Å². The summed E-state index contributed by atoms with van der Waals surface area (Å²) in [5, 5.41) is 0. The highest BCUT2D eigenvalue weighted by Gasteiger charge is 2.27. The van der Waals surface area contributed by atoms with Gasteiger partial charge in [-0.2, -0.15) is 0 Å². The molecule has 0 atom stereocenters. The van der Waals surface area contributed by atoms with Crippen LogP contribution in [0, 0.1) is 5.92 Å². The van der Waals surface area contributed by atoms with Crippen LogP contribution in [0.15, 0.2) is 46.3 Å². The average molecular weight is 472 g/mol. The van der Waals surface area contributed by atoms with Crippen molar-refractivity contribution in [3.63, 3.8) is 0 Å². The van der Waals surface area contributed by atoms with Crippen LogP contribution in [0.3, 0.4) is 0 Å². The van der Waals surface area contributed by atoms with Gasteiger partial charge in [0.25, 0.3) is 0 Å². The molecule has 4 rings (SSSR count). The van der Waals surface area contributed by atoms with Gasteiger partial charge in [-0.25, -0.2) is 18.4 Å². The summed E-state index contributed by atoms with van der Waals surface area (Å²) < 4.78 is 40.1. The van der Waals surface area contributed by atoms with Gasteiger partial charge in [-0.15, -0.1) is 0 Å². The predicted octanol–water partition coefficient (Wildman–Crippen LogP) is 4.78. The smallest absolute Gasteiger partial charge is 0.214 e. The number of imidazole rings is 1. The SMILES string of the molecule is CCCOc1cc(S(=O)(=O)c2ccc3c(c2)nc(C(C)(C)C)n3CC2CCOCC2)ccn1. The molecule has 0 saturated carbocycles. The molecule has 1 saturated heterocycles. The van der Waals surface area contributed by atoms with Crippen molar-refractivity contribution in [2.75, 3.05) is 19.8 Å². The van der Waals surface area contributed by atoms with Gasteiger partial charge in [0.05, 0.1) is 27.4 Å². The first-order valence-electron chi connectivity index (χ1n) is 11.6. The van der Waals surface area contributed by atoms with Crippen LogP contribution < -0.4 is 4.74 Å². The molecular weight excluding hydrogens is 438 g/mol. The van der Waals surface area contributed by atoms with Gasteiger partial charge in [-0.05, 0) is 49.4 Å². The van der Waals surface area contributed by atoms with Crippen molar-refractivity contribution >= 4 is 20.9 Å². The first-order chi connectivity index (χ1) is 15.7. The average Bonchev–Trinajstić information content (AvgIpc) is 3.17. The maximum absolute atomic E-state index is 13.4. The molecule has 0 aliphatic carbocycles. The van der Waals surface area contributed by atoms with E-state index in [2.05, 4.69) is 30.3 Å². The van der Waals surface area contributed by atoms with Crippen LogP contribution in [0.4, 0.5) is 0 Å². The van der Waals surface area contributed by atoms with Gasteiger partial charge in [0, 0.05) is 37.4 Å². The lowest BCUT2D eigenvalue weighted by atomic mass is 9.94. The molecule has 0 amide bonds. The standard InChI is InChI=1S/C25H33N3O4S/c1-5-12-32-23-16-20(8-11-26-23)33(29,30)19-6-7-22-21(15-19)27-24(25(2,3)4)28(22)17-18-9-13-31-14-10-18/h6-8,11,15-16,18H,5,9-10,12-14,17H2,1-4H3. The Hall–Kier alpha value is -2.45. The van der Waals surface area contributed by atoms with Crippen molar-refractivity contribution in [3.8, 4) is 5.88 Å². The topological polar surface area (TPSA) is 83.3 Å². The second-order valence-corrected chi connectivity index (χ2v) is 11.6. The van der Waals surface area contributed by atoms with Gasteiger partial charge in [-0.3, -0.25) is 0 Å². The van der Waals surface area contributed by atoms with Gasteiger partial charge < -0.3 is 14.0 Å². The highest BCUT2D eigenvalue weighted by Crippen LogP contribution is 2.32. The minimum absolute atomic E-state index is 0.167. The third kappa shape index (κ3) is 5.06. The molecule has 178 valence electrons. The first-order valence-corrected chi connectivity index (χ1v) is 13.1. The minimum Gasteiger partial charge on any atom is -0.478 e. The molecule has 3 heterocycles. The predicted molar refractivity (Wildman–Crippen MR) is 127 cm³/mol. The summed E-state index contributed by atoms with van der Waals surface area (Å²) in [6, 6.07) is 8.24. The van der Waals surface area contributed by atoms with Crippen molar-refractivity contribution in [1.82, 2.24) is 14.5 Å². The number of sulfone groups is 1. The number of rotatable bonds is 7. The lowest BCUT2D eigenvalue weighted by molar-refractivity contribution is 0.0611. The summed E-state index contributed by atoms with van der Waals surface area (Å²) in [6.45, 7) is 11.3. The van der Waals surface area contributed by atoms with Crippen molar-refractivity contribution in [2.45, 2.75) is 68.7 Å². The van der Waals surface area contributed by atoms with Gasteiger partial charge >= 0.3 is 0 Å². The molecule has 0 bridgehead atoms. The fourth-order valence-corrected chi connectivity index (χ4v) is 5.48. The van der Waals surface area contributed by atoms with E-state index in [0.717, 1.165) is 50.4 Å². The Balaban J connectivity index is 1.73. The monoisotopic (exact) mass is 471 g/mol. The molecule has 0 N–H and O–H groups in total. The van der Waals surface area contributed by atoms with E-state index in [0.29, 0.717) is 23.9 Å². The maximum atomic E-state index is 13.4. The van der Waals surface area contributed by atoms with Crippen LogP contribution in [0.2, 0.25) is 0 Å². The second kappa shape index (κ2) is 9.43. The summed E-state index contributed by atoms with van der Waals surface area (Å²) >= 11 is 0. The summed E-state index contributed by atoms with van der Waals surface area (Å²) in [5.41, 5.74) is 1.50. The van der Waals surface area contributed by atoms with Gasteiger partial charge in [-0.1, -0.05) is 27.7 Å². The van der Waals surface area contributed by atoms with Crippen molar-refractivity contribution in [2.24, 2.45) is 5.92 Å². The van der Waals surface area contributed by atoms with E-state index in [4.69, 9.17) is 14.5 Å². The Kier molecular flexibility index (Phi) is 6.77. The Morgan fingerprint density at radius 2 is 1.85 bits per heavy atom. The quantitative estimate of drug-likeness (QED) is 0.493. The van der Waals surface area contributed by atoms with Gasteiger partial charge in [0.15, 0.2) is 0 Å². The fraction of sp³-hybridized carbons (Fsp3) is 0.520. The van der Waals surface area contributed by atoms with E-state index < -0.39 is 9.84 Å². The summed E-state index contributed by atoms with van der Waals surface area (Å²) in [6.07, 6.45) is 4.35. The Morgan fingerprint density at radius 3 is 2.55 bits per heavy atom. The molecule has 0 spiro atoms. The highest BCUT2D eigenvalue weighted by molar-refractivity contribution is 7.91. The number of aromatic nitrogens is 3. The molecule has 3 aromatic rings. The fourth-order valence-electron chi connectivity index (χ4n) is 4.20. The van der Waals surface area contributed by atoms with E-state index in [1.807, 2.05) is 13.0 Å². The molecule has 33 heavy (non-hydrogen) atoms. The summed E-state index contributed by atoms with van der Waals surface area (Å²) in [4.78, 5) is 9.41. The van der Waals surface area contributed by atoms with E-state index in [1.165, 1.54) is 18.3 Å². The van der Waals surface area contributed by atoms with E-state index in [9.17, 15) is 8.42 Å². The third-order valence-corrected chi connectivity index (χ3v) is 7.70. The van der Waals surface area contributed by atoms with Crippen LogP contribution in [0.5, 0.6) is 5.88 Å². The second-order valence-electron chi connectivity index (χ2n) is 9.68. The molecule has 1 aliphatic rings. The zero-order valence-corrected chi connectivity index (χ0v) is 20.7. The molecular formula is C25H33N3O4S. The number of hydrogen-bond donors (Lipinski definition) is 0. The Morgan fingerprint density at radius 1 is 1.12 bits per heavy atom. The molecule has 7 nitrogen and oxygen atoms in total. The molecule has 2 aromatic heterocycles. The Bertz CT molecular complexity index is 1220. The van der Waals surface area contributed by atoms with E-state index in [-0.39, 0.29) is 15.2 Å². The molecule has 8 heteroatoms. The Labute approximate surface area is 196 Å². The zero-order valence-electron chi connectivity index (χ0n) is 19.9. The molecule has 1 fully saturated rings. The van der Waals surface area contributed by atoms with Crippen LogP contribution in [-0.2, 0) is 26.5 Å². The summed E-state index contributed by atoms with van der Waals surface area (Å²) in [7, 11) is -3.73. The van der Waals surface area contributed by atoms with E-state index >= 15 is 0 Å². The maximum Gasteiger partial charge on any atom is 0.214 e. The molecule has 1 aromatic carbocycles. The highest BCUT2D eigenvalue weighted by atomic mass is 32.2.